The molecule has 0 N–H and O–H groups in total. The smallest absolute Gasteiger partial charge is 0.119 e. The van der Waals surface area contributed by atoms with Gasteiger partial charge in [-0.1, -0.05) is 284 Å². The number of hydrogen-bond acceptors (Lipinski definition) is 13. The minimum absolute atomic E-state index is 0.747. The van der Waals surface area contributed by atoms with Crippen molar-refractivity contribution in [2.45, 2.75) is 207 Å². The highest BCUT2D eigenvalue weighted by Crippen LogP contribution is 2.29. The molecule has 2 aliphatic rings. The van der Waals surface area contributed by atoms with Crippen LogP contribution in [-0.2, 0) is 44.6 Å². The van der Waals surface area contributed by atoms with E-state index in [1.54, 1.807) is 35.5 Å². The van der Waals surface area contributed by atoms with Gasteiger partial charge in [-0.3, -0.25) is 0 Å². The summed E-state index contributed by atoms with van der Waals surface area (Å²) < 4.78 is 69.8. The Bertz CT molecular complexity index is 4300. The molecular formula is C117H162O13. The van der Waals surface area contributed by atoms with Crippen LogP contribution in [0.3, 0.4) is 0 Å². The van der Waals surface area contributed by atoms with Crippen LogP contribution in [0.1, 0.15) is 243 Å². The van der Waals surface area contributed by atoms with Crippen molar-refractivity contribution in [3.05, 3.63) is 314 Å². The molecule has 0 aliphatic heterocycles. The predicted molar refractivity (Wildman–Crippen MR) is 555 cm³/mol. The fraction of sp³-hybridized carbons (Fsp3) is 0.419. The predicted octanol–water partition coefficient (Wildman–Crippen LogP) is 30.9. The Kier molecular flexibility index (Phi) is 69.0. The Morgan fingerprint density at radius 2 is 0.415 bits per heavy atom. The van der Waals surface area contributed by atoms with Gasteiger partial charge in [0.25, 0.3) is 0 Å². The molecule has 13 nitrogen and oxygen atoms in total. The van der Waals surface area contributed by atoms with Gasteiger partial charge >= 0.3 is 0 Å². The van der Waals surface area contributed by atoms with Gasteiger partial charge < -0.3 is 61.6 Å². The average Bonchev–Trinajstić information content (AvgIpc) is 0.820. The first-order valence-corrected chi connectivity index (χ1v) is 47.7. The fourth-order valence-electron chi connectivity index (χ4n) is 12.6. The Hall–Kier alpha value is -10.8. The van der Waals surface area contributed by atoms with Crippen LogP contribution in [0, 0.1) is 0 Å². The maximum absolute atomic E-state index is 5.70. The molecule has 0 fully saturated rings. The Labute approximate surface area is 787 Å². The zero-order valence-electron chi connectivity index (χ0n) is 81.2. The highest BCUT2D eigenvalue weighted by molar-refractivity contribution is 5.54. The number of fused-ring (bicyclic) bond motifs is 2. The van der Waals surface area contributed by atoms with Crippen LogP contribution in [-0.4, -0.2) is 115 Å². The van der Waals surface area contributed by atoms with Gasteiger partial charge in [0.05, 0.1) is 60.0 Å². The van der Waals surface area contributed by atoms with E-state index in [9.17, 15) is 0 Å². The largest absolute Gasteiger partial charge is 0.497 e. The van der Waals surface area contributed by atoms with Gasteiger partial charge in [-0.2, -0.15) is 0 Å². The molecular weight excluding hydrogens is 1610 g/mol. The molecule has 0 saturated carbocycles. The molecule has 708 valence electrons. The van der Waals surface area contributed by atoms with Crippen molar-refractivity contribution in [2.75, 3.05) is 115 Å². The van der Waals surface area contributed by atoms with Crippen LogP contribution in [0.2, 0.25) is 0 Å². The summed E-state index contributed by atoms with van der Waals surface area (Å²) in [6.07, 6.45) is 45.9. The van der Waals surface area contributed by atoms with Crippen molar-refractivity contribution in [3.63, 3.8) is 0 Å². The normalized spacial score (nSPS) is 10.6. The highest BCUT2D eigenvalue weighted by Gasteiger charge is 2.14. The fourth-order valence-corrected chi connectivity index (χ4v) is 12.6. The van der Waals surface area contributed by atoms with Crippen molar-refractivity contribution >= 4 is 42.5 Å². The van der Waals surface area contributed by atoms with Crippen molar-refractivity contribution in [2.24, 2.45) is 0 Å². The summed E-state index contributed by atoms with van der Waals surface area (Å²) in [6, 6.07) is 68.7. The number of hydrogen-bond donors (Lipinski definition) is 0. The molecule has 130 heavy (non-hydrogen) atoms. The molecule has 0 atom stereocenters. The van der Waals surface area contributed by atoms with Gasteiger partial charge in [0, 0.05) is 54.9 Å². The first kappa shape index (κ1) is 113. The second-order valence-corrected chi connectivity index (χ2v) is 31.3. The molecule has 0 spiro atoms. The number of methoxy groups -OCH3 is 5. The van der Waals surface area contributed by atoms with E-state index < -0.39 is 0 Å². The summed E-state index contributed by atoms with van der Waals surface area (Å²) in [6.45, 7) is 44.4. The molecule has 0 saturated heterocycles. The summed E-state index contributed by atoms with van der Waals surface area (Å²) in [7, 11) is 8.67. The van der Waals surface area contributed by atoms with Gasteiger partial charge in [0.2, 0.25) is 0 Å². The molecule has 13 heteroatoms. The molecule has 0 heterocycles. The van der Waals surface area contributed by atoms with Gasteiger partial charge in [-0.15, -0.1) is 0 Å². The maximum Gasteiger partial charge on any atom is 0.119 e. The molecule has 9 aromatic rings. The monoisotopic (exact) mass is 1780 g/mol. The zero-order valence-corrected chi connectivity index (χ0v) is 81.2. The van der Waals surface area contributed by atoms with Crippen LogP contribution >= 0.6 is 0 Å². The molecule has 9 aromatic carbocycles. The Morgan fingerprint density at radius 1 is 0.192 bits per heavy atom. The molecule has 0 aromatic heterocycles. The van der Waals surface area contributed by atoms with Crippen molar-refractivity contribution in [1.29, 1.82) is 0 Å². The highest BCUT2D eigenvalue weighted by atomic mass is 16.5. The second kappa shape index (κ2) is 79.2. The summed E-state index contributed by atoms with van der Waals surface area (Å²) in [4.78, 5) is 0. The Balaban J connectivity index is 0.000000378. The van der Waals surface area contributed by atoms with E-state index in [1.165, 1.54) is 131 Å². The first-order valence-electron chi connectivity index (χ1n) is 47.7. The van der Waals surface area contributed by atoms with Crippen molar-refractivity contribution in [1.82, 2.24) is 0 Å². The zero-order chi connectivity index (χ0) is 94.0. The lowest BCUT2D eigenvalue weighted by Gasteiger charge is -2.19. The van der Waals surface area contributed by atoms with Crippen LogP contribution in [0.15, 0.2) is 252 Å². The molecule has 0 unspecified atom stereocenters. The summed E-state index contributed by atoms with van der Waals surface area (Å²) in [5.41, 5.74) is 13.7. The number of benzene rings is 9. The van der Waals surface area contributed by atoms with Gasteiger partial charge in [-0.25, -0.2) is 0 Å². The van der Waals surface area contributed by atoms with Crippen LogP contribution < -0.4 is 42.6 Å². The average molecular weight is 1780 g/mol. The third-order valence-electron chi connectivity index (χ3n) is 20.7. The van der Waals surface area contributed by atoms with Crippen LogP contribution in [0.5, 0.6) is 51.7 Å². The van der Waals surface area contributed by atoms with Crippen LogP contribution in [0.25, 0.3) is 42.5 Å². The molecule has 0 amide bonds. The SMILES string of the molecule is C=Cc1ccc(OCCC)cc1.C=Cc1ccc(OCCCC)cc1.C=Cc1ccc(OCCCCCCCCOC)cc1.C=Cc1ccc(OCCCCOC)cc1.C=Cc1cccc(OCCCCC)c1.C=Cc1cccc(OCCCCCC)c1.C=Cc1cccc(OCCCCCCOC)c1.COCCCCOc1ccc2c(c1)CC2.COc1ccc2c(c1)CC2. The van der Waals surface area contributed by atoms with E-state index in [4.69, 9.17) is 61.6 Å². The molecule has 0 bridgehead atoms. The molecule has 11 rings (SSSR count). The van der Waals surface area contributed by atoms with Gasteiger partial charge in [0.15, 0.2) is 0 Å². The minimum atomic E-state index is 0.747. The van der Waals surface area contributed by atoms with E-state index in [1.807, 2.05) is 218 Å². The summed E-state index contributed by atoms with van der Waals surface area (Å²) >= 11 is 0. The van der Waals surface area contributed by atoms with E-state index in [2.05, 4.69) is 104 Å². The maximum atomic E-state index is 5.70. The lowest BCUT2D eigenvalue weighted by Crippen LogP contribution is -2.08. The lowest BCUT2D eigenvalue weighted by atomic mass is 9.89. The Morgan fingerprint density at radius 3 is 0.692 bits per heavy atom. The standard InChI is InChI=1S/C17H26O2.C15H22O2.C14H20O.2C13H18O2.C13H18O.C12H16O.C11H14O.C9H10O/c1-3-16-10-12-17(13-11-16)19-15-9-7-5-4-6-8-14-18-2;1-3-14-9-8-10-15(13-14)17-12-7-5-4-6-11-16-2;1-3-5-6-7-11-15-14-10-8-9-13(4-2)12-14;1-14-8-2-3-9-15-13-7-6-11-4-5-12(11)10-13;1-3-12-6-8-13(9-7-12)15-11-5-4-10-14-2;1-3-5-6-10-14-13-9-7-8-12(4-2)11-13;1-3-5-10-13-12-8-6-11(4-2)7-9-12;1-3-9-12-11-7-5-10(4-2)6-8-11;1-10-9-5-4-7-2-3-8(7)6-9/h3,10-13H,1,4-9,14-15H2,2H3;3,8-10,13H,1,4-7,11-12H2,2H3;4,8-10,12H,2-3,5-7,11H2,1H3;6-7,10H,2-5,8-9H2,1H3;3,6-9H,1,4-5,10-11H2,2H3;4,7-9,11H,2-3,5-6,10H2,1H3;4,6-9H,2-3,5,10H2,1H3;4-8H,2-3,9H2,1H3;4-6H,2-3H2,1H3. The van der Waals surface area contributed by atoms with Gasteiger partial charge in [-0.05, 0) is 280 Å². The lowest BCUT2D eigenvalue weighted by molar-refractivity contribution is 0.184. The number of unbranched alkanes of at least 4 members (excludes halogenated alkanes) is 16. The van der Waals surface area contributed by atoms with E-state index in [0.29, 0.717) is 0 Å². The van der Waals surface area contributed by atoms with Crippen molar-refractivity contribution < 1.29 is 61.6 Å². The second-order valence-electron chi connectivity index (χ2n) is 31.3. The summed E-state index contributed by atoms with van der Waals surface area (Å²) in [5, 5.41) is 0. The third-order valence-corrected chi connectivity index (χ3v) is 20.7. The van der Waals surface area contributed by atoms with E-state index in [-0.39, 0.29) is 0 Å². The van der Waals surface area contributed by atoms with Gasteiger partial charge in [0.1, 0.15) is 51.7 Å². The number of aryl methyl sites for hydroxylation is 4. The van der Waals surface area contributed by atoms with Crippen LogP contribution in [0.4, 0.5) is 0 Å². The number of ether oxygens (including phenoxy) is 13. The first-order chi connectivity index (χ1) is 63.8. The number of rotatable bonds is 56. The molecule has 2 aliphatic carbocycles. The van der Waals surface area contributed by atoms with Crippen molar-refractivity contribution in [3.8, 4) is 51.7 Å². The van der Waals surface area contributed by atoms with E-state index >= 15 is 0 Å². The molecule has 0 radical (unpaired) electrons. The van der Waals surface area contributed by atoms with E-state index in [0.717, 1.165) is 241 Å². The quantitative estimate of drug-likeness (QED) is 0.0337. The summed E-state index contributed by atoms with van der Waals surface area (Å²) in [5.74, 6) is 8.57. The topological polar surface area (TPSA) is 120 Å². The third kappa shape index (κ3) is 56.6. The minimum Gasteiger partial charge on any atom is -0.497 e.